The Labute approximate surface area is 104 Å². The minimum absolute atomic E-state index is 0. The Hall–Kier alpha value is 0.240. The van der Waals surface area contributed by atoms with Crippen molar-refractivity contribution in [2.75, 3.05) is 6.54 Å². The number of rotatable bonds is 1. The highest BCUT2D eigenvalue weighted by Crippen LogP contribution is 2.31. The predicted octanol–water partition coefficient (Wildman–Crippen LogP) is 3.95. The van der Waals surface area contributed by atoms with Crippen LogP contribution in [-0.4, -0.2) is 6.54 Å². The monoisotopic (exact) mass is 295 g/mol. The van der Waals surface area contributed by atoms with Crippen molar-refractivity contribution in [2.24, 2.45) is 0 Å². The normalized spacial score (nSPS) is 20.6. The topological polar surface area (TPSA) is 12.0 Å². The van der Waals surface area contributed by atoms with Crippen LogP contribution in [0.25, 0.3) is 0 Å². The molecule has 1 nitrogen and oxygen atoms in total. The summed E-state index contributed by atoms with van der Waals surface area (Å²) in [5.74, 6) is 0. The molecule has 0 bridgehead atoms. The molecule has 14 heavy (non-hydrogen) atoms. The molecule has 4 heteroatoms. The van der Waals surface area contributed by atoms with Gasteiger partial charge in [-0.15, -0.1) is 12.4 Å². The smallest absolute Gasteiger partial charge is 0.0410 e. The highest BCUT2D eigenvalue weighted by Gasteiger charge is 2.18. The quantitative estimate of drug-likeness (QED) is 0.827. The number of halogens is 3. The molecule has 0 aliphatic carbocycles. The van der Waals surface area contributed by atoms with Crippen LogP contribution in [0, 0.1) is 0 Å². The number of hydrogen-bond acceptors (Lipinski definition) is 1. The van der Waals surface area contributed by atoms with E-state index in [0.717, 1.165) is 16.0 Å². The zero-order valence-corrected chi connectivity index (χ0v) is 10.8. The van der Waals surface area contributed by atoms with Gasteiger partial charge in [-0.25, -0.2) is 0 Å². The van der Waals surface area contributed by atoms with Gasteiger partial charge in [0.1, 0.15) is 0 Å². The fourth-order valence-corrected chi connectivity index (χ4v) is 2.44. The standard InChI is InChI=1S/C10H11BrClN.ClH/c11-9-4-3-7(12)6-8(9)10-2-1-5-13-10;/h3-4,6,10,13H,1-2,5H2;1H/t10-;/m1./s1. The van der Waals surface area contributed by atoms with Gasteiger partial charge in [-0.2, -0.15) is 0 Å². The molecule has 0 amide bonds. The van der Waals surface area contributed by atoms with Gasteiger partial charge in [0, 0.05) is 15.5 Å². The van der Waals surface area contributed by atoms with E-state index in [1.54, 1.807) is 0 Å². The molecule has 0 unspecified atom stereocenters. The first-order chi connectivity index (χ1) is 6.27. The third-order valence-electron chi connectivity index (χ3n) is 2.39. The molecule has 1 N–H and O–H groups in total. The summed E-state index contributed by atoms with van der Waals surface area (Å²) < 4.78 is 1.15. The third kappa shape index (κ3) is 2.63. The summed E-state index contributed by atoms with van der Waals surface area (Å²) in [5.41, 5.74) is 1.28. The summed E-state index contributed by atoms with van der Waals surface area (Å²) in [7, 11) is 0. The highest BCUT2D eigenvalue weighted by atomic mass is 79.9. The average molecular weight is 297 g/mol. The molecule has 2 rings (SSSR count). The number of benzene rings is 1. The predicted molar refractivity (Wildman–Crippen MR) is 66.4 cm³/mol. The summed E-state index contributed by atoms with van der Waals surface area (Å²) >= 11 is 9.49. The molecule has 1 aromatic carbocycles. The maximum atomic E-state index is 5.95. The number of nitrogens with one attached hydrogen (secondary N) is 1. The Morgan fingerprint density at radius 3 is 2.86 bits per heavy atom. The van der Waals surface area contributed by atoms with Crippen molar-refractivity contribution in [3.63, 3.8) is 0 Å². The second-order valence-corrected chi connectivity index (χ2v) is 4.61. The minimum Gasteiger partial charge on any atom is -0.310 e. The van der Waals surface area contributed by atoms with Crippen LogP contribution in [0.2, 0.25) is 5.02 Å². The zero-order valence-electron chi connectivity index (χ0n) is 7.59. The second-order valence-electron chi connectivity index (χ2n) is 3.31. The molecule has 0 aromatic heterocycles. The van der Waals surface area contributed by atoms with Gasteiger partial charge in [0.05, 0.1) is 0 Å². The van der Waals surface area contributed by atoms with Crippen molar-refractivity contribution >= 4 is 39.9 Å². The van der Waals surface area contributed by atoms with Crippen LogP contribution in [0.5, 0.6) is 0 Å². The van der Waals surface area contributed by atoms with Crippen LogP contribution >= 0.6 is 39.9 Å². The Balaban J connectivity index is 0.000000980. The van der Waals surface area contributed by atoms with Crippen LogP contribution in [-0.2, 0) is 0 Å². The molecule has 1 aliphatic rings. The van der Waals surface area contributed by atoms with Gasteiger partial charge in [-0.3, -0.25) is 0 Å². The van der Waals surface area contributed by atoms with Crippen molar-refractivity contribution in [1.29, 1.82) is 0 Å². The van der Waals surface area contributed by atoms with Gasteiger partial charge < -0.3 is 5.32 Å². The van der Waals surface area contributed by atoms with Gasteiger partial charge in [-0.05, 0) is 43.1 Å². The highest BCUT2D eigenvalue weighted by molar-refractivity contribution is 9.10. The van der Waals surface area contributed by atoms with Crippen LogP contribution in [0.4, 0.5) is 0 Å². The van der Waals surface area contributed by atoms with Crippen molar-refractivity contribution < 1.29 is 0 Å². The van der Waals surface area contributed by atoms with E-state index in [1.807, 2.05) is 18.2 Å². The molecule has 1 saturated heterocycles. The SMILES string of the molecule is Cl.Clc1ccc(Br)c([C@H]2CCCN2)c1. The minimum atomic E-state index is 0. The zero-order chi connectivity index (χ0) is 9.26. The molecule has 78 valence electrons. The lowest BCUT2D eigenvalue weighted by Gasteiger charge is -2.12. The van der Waals surface area contributed by atoms with Crippen molar-refractivity contribution in [3.8, 4) is 0 Å². The lowest BCUT2D eigenvalue weighted by atomic mass is 10.1. The summed E-state index contributed by atoms with van der Waals surface area (Å²) in [6.45, 7) is 1.11. The van der Waals surface area contributed by atoms with Gasteiger partial charge in [0.15, 0.2) is 0 Å². The molecule has 1 atom stereocenters. The maximum absolute atomic E-state index is 5.95. The lowest BCUT2D eigenvalue weighted by Crippen LogP contribution is -2.13. The van der Waals surface area contributed by atoms with E-state index in [4.69, 9.17) is 11.6 Å². The molecule has 1 aromatic rings. The van der Waals surface area contributed by atoms with E-state index >= 15 is 0 Å². The Morgan fingerprint density at radius 1 is 1.43 bits per heavy atom. The van der Waals surface area contributed by atoms with Gasteiger partial charge >= 0.3 is 0 Å². The molecule has 1 fully saturated rings. The van der Waals surface area contributed by atoms with E-state index in [0.29, 0.717) is 6.04 Å². The molecular weight excluding hydrogens is 285 g/mol. The summed E-state index contributed by atoms with van der Waals surface area (Å²) in [6, 6.07) is 6.43. The number of hydrogen-bond donors (Lipinski definition) is 1. The molecule has 0 spiro atoms. The van der Waals surface area contributed by atoms with Crippen LogP contribution in [0.15, 0.2) is 22.7 Å². The van der Waals surface area contributed by atoms with E-state index in [9.17, 15) is 0 Å². The van der Waals surface area contributed by atoms with Crippen molar-refractivity contribution in [3.05, 3.63) is 33.3 Å². The summed E-state index contributed by atoms with van der Waals surface area (Å²) in [6.07, 6.45) is 2.46. The lowest BCUT2D eigenvalue weighted by molar-refractivity contribution is 0.645. The maximum Gasteiger partial charge on any atom is 0.0410 e. The Morgan fingerprint density at radius 2 is 2.21 bits per heavy atom. The third-order valence-corrected chi connectivity index (χ3v) is 3.35. The van der Waals surface area contributed by atoms with Crippen molar-refractivity contribution in [1.82, 2.24) is 5.32 Å². The van der Waals surface area contributed by atoms with Gasteiger partial charge in [0.25, 0.3) is 0 Å². The van der Waals surface area contributed by atoms with Crippen molar-refractivity contribution in [2.45, 2.75) is 18.9 Å². The fourth-order valence-electron chi connectivity index (χ4n) is 1.73. The second kappa shape index (κ2) is 5.36. The summed E-state index contributed by atoms with van der Waals surface area (Å²) in [4.78, 5) is 0. The Bertz CT molecular complexity index is 311. The summed E-state index contributed by atoms with van der Waals surface area (Å²) in [5, 5.41) is 4.26. The van der Waals surface area contributed by atoms with E-state index in [1.165, 1.54) is 18.4 Å². The molecule has 1 heterocycles. The first-order valence-corrected chi connectivity index (χ1v) is 5.63. The Kier molecular flexibility index (Phi) is 4.71. The van der Waals surface area contributed by atoms with E-state index in [-0.39, 0.29) is 12.4 Å². The molecular formula is C10H12BrCl2N. The van der Waals surface area contributed by atoms with Gasteiger partial charge in [0.2, 0.25) is 0 Å². The largest absolute Gasteiger partial charge is 0.310 e. The first kappa shape index (κ1) is 12.3. The van der Waals surface area contributed by atoms with E-state index < -0.39 is 0 Å². The van der Waals surface area contributed by atoms with Crippen LogP contribution in [0.3, 0.4) is 0 Å². The molecule has 0 radical (unpaired) electrons. The van der Waals surface area contributed by atoms with Gasteiger partial charge in [-0.1, -0.05) is 27.5 Å². The van der Waals surface area contributed by atoms with Crippen LogP contribution in [0.1, 0.15) is 24.4 Å². The molecule has 1 aliphatic heterocycles. The first-order valence-electron chi connectivity index (χ1n) is 4.46. The molecule has 0 saturated carbocycles. The fraction of sp³-hybridized carbons (Fsp3) is 0.400. The average Bonchev–Trinajstić information content (AvgIpc) is 2.61. The van der Waals surface area contributed by atoms with Crippen LogP contribution < -0.4 is 5.32 Å². The van der Waals surface area contributed by atoms with E-state index in [2.05, 4.69) is 21.2 Å².